The third kappa shape index (κ3) is 3.70. The van der Waals surface area contributed by atoms with Crippen LogP contribution in [0.3, 0.4) is 0 Å². The molecule has 0 radical (unpaired) electrons. The smallest absolute Gasteiger partial charge is 0.165 e. The lowest BCUT2D eigenvalue weighted by atomic mass is 9.55. The fraction of sp³-hybridized carbons (Fsp3) is 0.119. The number of aliphatic imine (C=N–C) groups is 2. The Bertz CT molecular complexity index is 2160. The third-order valence-electron chi connectivity index (χ3n) is 10.1. The highest BCUT2D eigenvalue weighted by molar-refractivity contribution is 6.13. The van der Waals surface area contributed by atoms with Gasteiger partial charge in [-0.2, -0.15) is 0 Å². The van der Waals surface area contributed by atoms with Crippen LogP contribution in [0.4, 0.5) is 0 Å². The summed E-state index contributed by atoms with van der Waals surface area (Å²) in [5.41, 5.74) is 12.8. The van der Waals surface area contributed by atoms with Gasteiger partial charge < -0.3 is 5.32 Å². The van der Waals surface area contributed by atoms with E-state index in [4.69, 9.17) is 9.98 Å². The van der Waals surface area contributed by atoms with Gasteiger partial charge in [0.2, 0.25) is 0 Å². The number of aromatic nitrogens is 1. The van der Waals surface area contributed by atoms with Crippen molar-refractivity contribution in [2.75, 3.05) is 0 Å². The van der Waals surface area contributed by atoms with E-state index in [0.717, 1.165) is 22.7 Å². The summed E-state index contributed by atoms with van der Waals surface area (Å²) in [6.45, 7) is 4.72. The molecule has 5 aromatic carbocycles. The van der Waals surface area contributed by atoms with E-state index in [-0.39, 0.29) is 11.6 Å². The zero-order valence-electron chi connectivity index (χ0n) is 25.8. The molecule has 2 aliphatic carbocycles. The Morgan fingerprint density at radius 1 is 0.543 bits per heavy atom. The molecule has 0 fully saturated rings. The molecule has 0 saturated heterocycles. The normalized spacial score (nSPS) is 17.9. The van der Waals surface area contributed by atoms with Crippen molar-refractivity contribution in [3.05, 3.63) is 196 Å². The van der Waals surface area contributed by atoms with E-state index >= 15 is 0 Å². The van der Waals surface area contributed by atoms with Crippen LogP contribution in [0.15, 0.2) is 156 Å². The first-order valence-corrected chi connectivity index (χ1v) is 15.9. The molecule has 46 heavy (non-hydrogen) atoms. The van der Waals surface area contributed by atoms with Crippen LogP contribution in [0, 0.1) is 0 Å². The molecule has 1 spiro atoms. The number of nitrogens with zero attached hydrogens (tertiary/aromatic N) is 3. The summed E-state index contributed by atoms with van der Waals surface area (Å²) in [4.78, 5) is 15.0. The molecule has 220 valence electrons. The van der Waals surface area contributed by atoms with Crippen LogP contribution < -0.4 is 5.32 Å². The number of benzene rings is 5. The van der Waals surface area contributed by atoms with Crippen LogP contribution >= 0.6 is 0 Å². The number of amidine groups is 2. The van der Waals surface area contributed by atoms with Gasteiger partial charge in [-0.25, -0.2) is 9.98 Å². The monoisotopic (exact) mass is 592 g/mol. The average molecular weight is 593 g/mol. The van der Waals surface area contributed by atoms with Crippen LogP contribution in [-0.2, 0) is 10.8 Å². The first kappa shape index (κ1) is 26.8. The lowest BCUT2D eigenvalue weighted by Crippen LogP contribution is -2.40. The zero-order valence-corrected chi connectivity index (χ0v) is 25.8. The Labute approximate surface area is 269 Å². The van der Waals surface area contributed by atoms with Crippen LogP contribution in [-0.4, -0.2) is 16.7 Å². The number of pyridine rings is 1. The molecular weight excluding hydrogens is 560 g/mol. The van der Waals surface area contributed by atoms with Crippen LogP contribution in [0.1, 0.15) is 70.2 Å². The summed E-state index contributed by atoms with van der Waals surface area (Å²) >= 11 is 0. The van der Waals surface area contributed by atoms with E-state index in [9.17, 15) is 0 Å². The molecule has 2 heterocycles. The highest BCUT2D eigenvalue weighted by Gasteiger charge is 2.53. The number of hydrogen-bond acceptors (Lipinski definition) is 4. The van der Waals surface area contributed by atoms with Gasteiger partial charge in [-0.3, -0.25) is 4.98 Å². The van der Waals surface area contributed by atoms with Crippen molar-refractivity contribution < 1.29 is 0 Å². The fourth-order valence-corrected chi connectivity index (χ4v) is 8.01. The first-order valence-electron chi connectivity index (χ1n) is 15.9. The second-order valence-corrected chi connectivity index (χ2v) is 12.9. The van der Waals surface area contributed by atoms with Gasteiger partial charge in [0.25, 0.3) is 0 Å². The second kappa shape index (κ2) is 9.95. The second-order valence-electron chi connectivity index (χ2n) is 12.9. The zero-order chi connectivity index (χ0) is 30.9. The van der Waals surface area contributed by atoms with Crippen molar-refractivity contribution in [2.45, 2.75) is 30.8 Å². The summed E-state index contributed by atoms with van der Waals surface area (Å²) in [7, 11) is 0. The molecule has 1 aliphatic heterocycles. The maximum Gasteiger partial charge on any atom is 0.165 e. The molecule has 0 saturated carbocycles. The number of fused-ring (bicyclic) bond motifs is 9. The maximum atomic E-state index is 5.17. The van der Waals surface area contributed by atoms with E-state index in [1.165, 1.54) is 44.5 Å². The van der Waals surface area contributed by atoms with Crippen molar-refractivity contribution in [1.29, 1.82) is 0 Å². The van der Waals surface area contributed by atoms with Gasteiger partial charge in [-0.1, -0.05) is 135 Å². The quantitative estimate of drug-likeness (QED) is 0.223. The Hall–Kier alpha value is -5.61. The minimum absolute atomic E-state index is 0.141. The summed E-state index contributed by atoms with van der Waals surface area (Å²) in [6, 6.07) is 50.1. The van der Waals surface area contributed by atoms with Gasteiger partial charge >= 0.3 is 0 Å². The van der Waals surface area contributed by atoms with Crippen molar-refractivity contribution in [1.82, 2.24) is 10.3 Å². The molecule has 9 rings (SSSR count). The van der Waals surface area contributed by atoms with Gasteiger partial charge in [0, 0.05) is 22.7 Å². The molecule has 0 bridgehead atoms. The van der Waals surface area contributed by atoms with E-state index in [1.54, 1.807) is 0 Å². The lowest BCUT2D eigenvalue weighted by molar-refractivity contribution is 0.563. The molecule has 0 amide bonds. The summed E-state index contributed by atoms with van der Waals surface area (Å²) in [6.07, 6.45) is 1.45. The molecule has 4 heteroatoms. The highest BCUT2D eigenvalue weighted by atomic mass is 15.2. The maximum absolute atomic E-state index is 5.17. The van der Waals surface area contributed by atoms with Gasteiger partial charge in [-0.05, 0) is 62.7 Å². The first-order chi connectivity index (χ1) is 22.6. The van der Waals surface area contributed by atoms with E-state index in [1.807, 2.05) is 42.6 Å². The van der Waals surface area contributed by atoms with E-state index in [0.29, 0.717) is 5.84 Å². The molecule has 1 aromatic heterocycles. The standard InChI is InChI=1S/C42H32N4/c1-41(2)32-18-8-10-20-34(32)42(35-21-11-9-19-33(35)41)31-17-7-6-16-29(31)30-24-23-28(26-36(30)42)39-44-38(27-14-4-3-5-15-27)45-40(46-39)37-22-12-13-25-43-37/h3-26,40H,1-2H3,(H,44,45,46). The summed E-state index contributed by atoms with van der Waals surface area (Å²) in [5, 5.41) is 3.54. The molecule has 1 atom stereocenters. The van der Waals surface area contributed by atoms with Gasteiger partial charge in [0.15, 0.2) is 12.0 Å². The largest absolute Gasteiger partial charge is 0.343 e. The molecular formula is C42H32N4. The van der Waals surface area contributed by atoms with E-state index < -0.39 is 5.41 Å². The van der Waals surface area contributed by atoms with Gasteiger partial charge in [0.05, 0.1) is 11.1 Å². The molecule has 1 unspecified atom stereocenters. The van der Waals surface area contributed by atoms with Crippen molar-refractivity contribution in [2.24, 2.45) is 9.98 Å². The lowest BCUT2D eigenvalue weighted by Gasteiger charge is -2.46. The number of rotatable bonds is 3. The Morgan fingerprint density at radius 3 is 1.85 bits per heavy atom. The highest BCUT2D eigenvalue weighted by Crippen LogP contribution is 2.62. The molecule has 4 nitrogen and oxygen atoms in total. The topological polar surface area (TPSA) is 49.6 Å². The molecule has 6 aromatic rings. The molecule has 3 aliphatic rings. The van der Waals surface area contributed by atoms with Gasteiger partial charge in [0.1, 0.15) is 5.84 Å². The SMILES string of the molecule is CC1(C)c2ccccc2C2(c3ccccc3-c3ccc(C4=NC(c5ccccn5)NC(c5ccccc5)=N4)cc32)c2ccccc21. The minimum atomic E-state index is -0.468. The Balaban J connectivity index is 1.32. The predicted octanol–water partition coefficient (Wildman–Crippen LogP) is 8.58. The predicted molar refractivity (Wildman–Crippen MR) is 186 cm³/mol. The van der Waals surface area contributed by atoms with Crippen LogP contribution in [0.2, 0.25) is 0 Å². The van der Waals surface area contributed by atoms with Gasteiger partial charge in [-0.15, -0.1) is 0 Å². The number of nitrogens with one attached hydrogen (secondary N) is 1. The summed E-state index contributed by atoms with van der Waals surface area (Å²) in [5.74, 6) is 1.48. The van der Waals surface area contributed by atoms with Crippen LogP contribution in [0.25, 0.3) is 11.1 Å². The van der Waals surface area contributed by atoms with Crippen molar-refractivity contribution in [3.8, 4) is 11.1 Å². The van der Waals surface area contributed by atoms with E-state index in [2.05, 4.69) is 127 Å². The Kier molecular flexibility index (Phi) is 5.79. The van der Waals surface area contributed by atoms with Crippen molar-refractivity contribution in [3.63, 3.8) is 0 Å². The van der Waals surface area contributed by atoms with Crippen LogP contribution in [0.5, 0.6) is 0 Å². The third-order valence-corrected chi connectivity index (χ3v) is 10.1. The fourth-order valence-electron chi connectivity index (χ4n) is 8.01. The summed E-state index contributed by atoms with van der Waals surface area (Å²) < 4.78 is 0. The Morgan fingerprint density at radius 2 is 1.15 bits per heavy atom. The molecule has 1 N–H and O–H groups in total. The minimum Gasteiger partial charge on any atom is -0.343 e. The average Bonchev–Trinajstić information content (AvgIpc) is 3.42. The number of hydrogen-bond donors (Lipinski definition) is 1. The van der Waals surface area contributed by atoms with Crippen molar-refractivity contribution >= 4 is 11.7 Å².